The number of alkyl halides is 3. The second kappa shape index (κ2) is 12.0. The summed E-state index contributed by atoms with van der Waals surface area (Å²) in [6, 6.07) is 5.20. The Bertz CT molecular complexity index is 968. The first kappa shape index (κ1) is 27.1. The average Bonchev–Trinajstić information content (AvgIpc) is 3.25. The Kier molecular flexibility index (Phi) is 9.26. The van der Waals surface area contributed by atoms with Crippen LogP contribution in [0.2, 0.25) is 0 Å². The zero-order valence-corrected chi connectivity index (χ0v) is 20.4. The molecule has 0 saturated carbocycles. The number of aromatic nitrogens is 3. The van der Waals surface area contributed by atoms with Crippen LogP contribution in [0, 0.1) is 5.92 Å². The van der Waals surface area contributed by atoms with Crippen molar-refractivity contribution in [3.8, 4) is 0 Å². The number of aryl methyl sites for hydroxylation is 1. The second-order valence-electron chi connectivity index (χ2n) is 9.31. The van der Waals surface area contributed by atoms with Crippen molar-refractivity contribution in [2.75, 3.05) is 26.7 Å². The standard InChI is InChI=1S/C24H34F3N5O3/c1-17-12-31(18(2)15-33)23(34)9-6-10-32-20(11-28-29-32)16-35-22(17)14-30(3)13-19-7-4-5-8-21(19)24(25,26)27/h4-5,7-8,11,17-18,22,33H,6,9-10,12-16H2,1-3H3/t17-,18-,22+/m0/s1. The van der Waals surface area contributed by atoms with Crippen LogP contribution in [-0.4, -0.2) is 74.7 Å². The minimum Gasteiger partial charge on any atom is -0.394 e. The molecule has 0 fully saturated rings. The summed E-state index contributed by atoms with van der Waals surface area (Å²) >= 11 is 0. The number of aliphatic hydroxyl groups excluding tert-OH is 1. The molecule has 1 aromatic carbocycles. The number of aliphatic hydroxyl groups is 1. The Hall–Kier alpha value is -2.50. The van der Waals surface area contributed by atoms with Gasteiger partial charge in [-0.2, -0.15) is 13.2 Å². The van der Waals surface area contributed by atoms with Crippen molar-refractivity contribution in [1.29, 1.82) is 0 Å². The summed E-state index contributed by atoms with van der Waals surface area (Å²) in [5.74, 6) is -0.205. The first-order chi connectivity index (χ1) is 16.6. The molecule has 1 aromatic heterocycles. The molecule has 0 unspecified atom stereocenters. The number of amides is 1. The molecular weight excluding hydrogens is 463 g/mol. The first-order valence-electron chi connectivity index (χ1n) is 11.8. The van der Waals surface area contributed by atoms with Crippen LogP contribution in [0.3, 0.4) is 0 Å². The van der Waals surface area contributed by atoms with E-state index in [1.807, 2.05) is 6.92 Å². The fourth-order valence-corrected chi connectivity index (χ4v) is 4.34. The lowest BCUT2D eigenvalue weighted by atomic mass is 10.0. The molecule has 1 aliphatic rings. The second-order valence-corrected chi connectivity index (χ2v) is 9.31. The molecule has 0 radical (unpaired) electrons. The number of ether oxygens (including phenoxy) is 1. The largest absolute Gasteiger partial charge is 0.416 e. The quantitative estimate of drug-likeness (QED) is 0.661. The highest BCUT2D eigenvalue weighted by Crippen LogP contribution is 2.32. The normalized spacial score (nSPS) is 21.4. The number of hydrogen-bond acceptors (Lipinski definition) is 6. The molecule has 1 aliphatic heterocycles. The lowest BCUT2D eigenvalue weighted by Crippen LogP contribution is -2.47. The summed E-state index contributed by atoms with van der Waals surface area (Å²) in [7, 11) is 1.75. The van der Waals surface area contributed by atoms with Gasteiger partial charge in [-0.05, 0) is 32.0 Å². The van der Waals surface area contributed by atoms with Crippen LogP contribution >= 0.6 is 0 Å². The minimum absolute atomic E-state index is 0.0631. The molecule has 1 amide bonds. The summed E-state index contributed by atoms with van der Waals surface area (Å²) in [6.45, 7) is 5.16. The minimum atomic E-state index is -4.43. The van der Waals surface area contributed by atoms with E-state index in [9.17, 15) is 23.1 Å². The van der Waals surface area contributed by atoms with Crippen LogP contribution in [0.4, 0.5) is 13.2 Å². The van der Waals surface area contributed by atoms with Gasteiger partial charge < -0.3 is 14.7 Å². The number of nitrogens with zero attached hydrogens (tertiary/aromatic N) is 5. The van der Waals surface area contributed by atoms with Gasteiger partial charge in [-0.25, -0.2) is 4.68 Å². The number of benzene rings is 1. The maximum Gasteiger partial charge on any atom is 0.416 e. The van der Waals surface area contributed by atoms with Gasteiger partial charge >= 0.3 is 6.18 Å². The van der Waals surface area contributed by atoms with Gasteiger partial charge in [-0.1, -0.05) is 30.3 Å². The molecule has 2 heterocycles. The summed E-state index contributed by atoms with van der Waals surface area (Å²) in [4.78, 5) is 16.4. The Labute approximate surface area is 203 Å². The third kappa shape index (κ3) is 7.25. The predicted molar refractivity (Wildman–Crippen MR) is 123 cm³/mol. The van der Waals surface area contributed by atoms with Crippen molar-refractivity contribution in [3.63, 3.8) is 0 Å². The highest BCUT2D eigenvalue weighted by Gasteiger charge is 2.33. The molecule has 2 aromatic rings. The van der Waals surface area contributed by atoms with E-state index in [0.717, 1.165) is 11.8 Å². The summed E-state index contributed by atoms with van der Waals surface area (Å²) < 4.78 is 48.3. The molecule has 3 rings (SSSR count). The number of halogens is 3. The highest BCUT2D eigenvalue weighted by molar-refractivity contribution is 5.76. The number of carbonyl (C=O) groups excluding carboxylic acids is 1. The summed E-state index contributed by atoms with van der Waals surface area (Å²) in [5, 5.41) is 17.7. The maximum absolute atomic E-state index is 13.5. The molecule has 0 bridgehead atoms. The molecule has 0 aliphatic carbocycles. The molecule has 8 nitrogen and oxygen atoms in total. The predicted octanol–water partition coefficient (Wildman–Crippen LogP) is 2.95. The summed E-state index contributed by atoms with van der Waals surface area (Å²) in [6.07, 6.45) is -2.29. The fourth-order valence-electron chi connectivity index (χ4n) is 4.34. The van der Waals surface area contributed by atoms with Crippen molar-refractivity contribution in [1.82, 2.24) is 24.8 Å². The van der Waals surface area contributed by atoms with E-state index in [1.54, 1.807) is 40.7 Å². The van der Waals surface area contributed by atoms with E-state index in [1.165, 1.54) is 12.1 Å². The van der Waals surface area contributed by atoms with Gasteiger partial charge in [0, 0.05) is 38.5 Å². The van der Waals surface area contributed by atoms with Crippen molar-refractivity contribution in [3.05, 3.63) is 47.3 Å². The SMILES string of the molecule is C[C@H]1CN([C@@H](C)CO)C(=O)CCCn2nncc2CO[C@@H]1CN(C)Cc1ccccc1C(F)(F)F. The maximum atomic E-state index is 13.5. The van der Waals surface area contributed by atoms with E-state index < -0.39 is 11.7 Å². The van der Waals surface area contributed by atoms with Gasteiger partial charge in [0.05, 0.1) is 42.8 Å². The molecule has 0 spiro atoms. The third-order valence-corrected chi connectivity index (χ3v) is 6.39. The van der Waals surface area contributed by atoms with E-state index in [4.69, 9.17) is 4.74 Å². The monoisotopic (exact) mass is 497 g/mol. The number of likely N-dealkylation sites (N-methyl/N-ethyl adjacent to an activating group) is 1. The fraction of sp³-hybridized carbons (Fsp3) is 0.625. The van der Waals surface area contributed by atoms with E-state index in [2.05, 4.69) is 10.3 Å². The Morgan fingerprint density at radius 1 is 1.31 bits per heavy atom. The molecule has 11 heteroatoms. The van der Waals surface area contributed by atoms with Gasteiger partial charge in [0.1, 0.15) is 0 Å². The molecular formula is C24H34F3N5O3. The Morgan fingerprint density at radius 3 is 2.77 bits per heavy atom. The average molecular weight is 498 g/mol. The lowest BCUT2D eigenvalue weighted by molar-refractivity contribution is -0.138. The third-order valence-electron chi connectivity index (χ3n) is 6.39. The van der Waals surface area contributed by atoms with Gasteiger partial charge in [-0.3, -0.25) is 9.69 Å². The van der Waals surface area contributed by atoms with Crippen molar-refractivity contribution in [2.24, 2.45) is 5.92 Å². The van der Waals surface area contributed by atoms with Gasteiger partial charge in [0.25, 0.3) is 0 Å². The van der Waals surface area contributed by atoms with Crippen molar-refractivity contribution in [2.45, 2.75) is 64.7 Å². The number of hydrogen-bond donors (Lipinski definition) is 1. The molecule has 3 atom stereocenters. The number of rotatable bonds is 6. The van der Waals surface area contributed by atoms with Crippen LogP contribution < -0.4 is 0 Å². The molecule has 194 valence electrons. The van der Waals surface area contributed by atoms with Crippen LogP contribution in [0.25, 0.3) is 0 Å². The van der Waals surface area contributed by atoms with Gasteiger partial charge in [-0.15, -0.1) is 5.10 Å². The van der Waals surface area contributed by atoms with Crippen LogP contribution in [-0.2, 0) is 35.4 Å². The van der Waals surface area contributed by atoms with E-state index in [-0.39, 0.29) is 49.3 Å². The molecule has 1 N–H and O–H groups in total. The molecule has 0 saturated heterocycles. The zero-order valence-electron chi connectivity index (χ0n) is 20.4. The van der Waals surface area contributed by atoms with Crippen LogP contribution in [0.15, 0.2) is 30.5 Å². The smallest absolute Gasteiger partial charge is 0.394 e. The molecule has 35 heavy (non-hydrogen) atoms. The lowest BCUT2D eigenvalue weighted by Gasteiger charge is -2.35. The number of fused-ring (bicyclic) bond motifs is 1. The highest BCUT2D eigenvalue weighted by atomic mass is 19.4. The van der Waals surface area contributed by atoms with E-state index in [0.29, 0.717) is 32.5 Å². The van der Waals surface area contributed by atoms with Gasteiger partial charge in [0.15, 0.2) is 0 Å². The van der Waals surface area contributed by atoms with Crippen LogP contribution in [0.5, 0.6) is 0 Å². The zero-order chi connectivity index (χ0) is 25.6. The van der Waals surface area contributed by atoms with Gasteiger partial charge in [0.2, 0.25) is 5.91 Å². The van der Waals surface area contributed by atoms with Crippen LogP contribution in [0.1, 0.15) is 43.5 Å². The topological polar surface area (TPSA) is 83.7 Å². The Morgan fingerprint density at radius 2 is 2.06 bits per heavy atom. The van der Waals surface area contributed by atoms with Crippen molar-refractivity contribution < 1.29 is 27.8 Å². The van der Waals surface area contributed by atoms with E-state index >= 15 is 0 Å². The summed E-state index contributed by atoms with van der Waals surface area (Å²) in [5.41, 5.74) is 0.320. The number of carbonyl (C=O) groups is 1. The first-order valence-corrected chi connectivity index (χ1v) is 11.8. The van der Waals surface area contributed by atoms with Crippen molar-refractivity contribution >= 4 is 5.91 Å². The Balaban J connectivity index is 1.81.